The number of likely N-dealkylation sites (tertiary alicyclic amines) is 1. The number of nitrogens with zero attached hydrogens (tertiary/aromatic N) is 2. The van der Waals surface area contributed by atoms with Crippen LogP contribution in [0.5, 0.6) is 5.75 Å². The van der Waals surface area contributed by atoms with Gasteiger partial charge in [-0.1, -0.05) is 30.9 Å². The number of carbonyl (C=O) groups is 1. The number of carbonyl (C=O) groups excluding carboxylic acids is 1. The molecule has 27 heavy (non-hydrogen) atoms. The Balaban J connectivity index is 1.30. The Morgan fingerprint density at radius 2 is 1.78 bits per heavy atom. The van der Waals surface area contributed by atoms with Crippen LogP contribution in [-0.4, -0.2) is 40.2 Å². The highest BCUT2D eigenvalue weighted by molar-refractivity contribution is 6.30. The van der Waals surface area contributed by atoms with E-state index in [9.17, 15) is 4.79 Å². The number of ether oxygens (including phenoxy) is 1. The molecule has 4 rings (SSSR count). The molecule has 1 aromatic heterocycles. The molecule has 1 saturated carbocycles. The molecular formula is C21H26ClN3O2. The number of halogens is 1. The third-order valence-corrected chi connectivity index (χ3v) is 5.96. The summed E-state index contributed by atoms with van der Waals surface area (Å²) in [5, 5.41) is 8.11. The van der Waals surface area contributed by atoms with E-state index in [4.69, 9.17) is 16.3 Å². The summed E-state index contributed by atoms with van der Waals surface area (Å²) in [6.07, 6.45) is 8.05. The summed E-state index contributed by atoms with van der Waals surface area (Å²) in [6.45, 7) is 1.39. The van der Waals surface area contributed by atoms with Crippen molar-refractivity contribution in [3.05, 3.63) is 46.7 Å². The number of aromatic amines is 1. The monoisotopic (exact) mass is 387 g/mol. The van der Waals surface area contributed by atoms with E-state index in [2.05, 4.69) is 10.2 Å². The van der Waals surface area contributed by atoms with Crippen LogP contribution in [0.25, 0.3) is 0 Å². The van der Waals surface area contributed by atoms with Crippen molar-refractivity contribution in [3.8, 4) is 5.75 Å². The summed E-state index contributed by atoms with van der Waals surface area (Å²) in [4.78, 5) is 14.7. The van der Waals surface area contributed by atoms with E-state index >= 15 is 0 Å². The Kier molecular flexibility index (Phi) is 5.67. The maximum Gasteiger partial charge on any atom is 0.274 e. The molecule has 2 aliphatic rings. The van der Waals surface area contributed by atoms with Gasteiger partial charge in [-0.25, -0.2) is 0 Å². The molecule has 1 saturated heterocycles. The molecule has 0 radical (unpaired) electrons. The second-order valence-electron chi connectivity index (χ2n) is 7.61. The van der Waals surface area contributed by atoms with Crippen LogP contribution < -0.4 is 4.74 Å². The first kappa shape index (κ1) is 18.4. The SMILES string of the molecule is O=C(c1cc(C2CCCCC2)[nH]n1)N1CCC(Oc2ccc(Cl)cc2)CC1. The third-order valence-electron chi connectivity index (χ3n) is 5.71. The van der Waals surface area contributed by atoms with Gasteiger partial charge in [0.15, 0.2) is 0 Å². The lowest BCUT2D eigenvalue weighted by Crippen LogP contribution is -2.41. The number of benzene rings is 1. The molecule has 2 aromatic rings. The van der Waals surface area contributed by atoms with E-state index in [1.54, 1.807) is 0 Å². The second kappa shape index (κ2) is 8.34. The first-order chi connectivity index (χ1) is 13.2. The minimum atomic E-state index is 0.0262. The van der Waals surface area contributed by atoms with Gasteiger partial charge in [0, 0.05) is 42.6 Å². The molecular weight excluding hydrogens is 362 g/mol. The van der Waals surface area contributed by atoms with Gasteiger partial charge in [-0.2, -0.15) is 5.10 Å². The number of hydrogen-bond donors (Lipinski definition) is 1. The summed E-state index contributed by atoms with van der Waals surface area (Å²) in [5.41, 5.74) is 1.67. The average molecular weight is 388 g/mol. The largest absolute Gasteiger partial charge is 0.490 e. The fraction of sp³-hybridized carbons (Fsp3) is 0.524. The predicted molar refractivity (Wildman–Crippen MR) is 105 cm³/mol. The summed E-state index contributed by atoms with van der Waals surface area (Å²) in [5.74, 6) is 1.39. The topological polar surface area (TPSA) is 58.2 Å². The van der Waals surface area contributed by atoms with E-state index in [0.29, 0.717) is 29.7 Å². The molecule has 2 heterocycles. The Labute approximate surface area is 165 Å². The van der Waals surface area contributed by atoms with E-state index in [0.717, 1.165) is 24.3 Å². The number of nitrogens with one attached hydrogen (secondary N) is 1. The van der Waals surface area contributed by atoms with Gasteiger partial charge in [0.2, 0.25) is 0 Å². The van der Waals surface area contributed by atoms with E-state index in [-0.39, 0.29) is 12.0 Å². The highest BCUT2D eigenvalue weighted by Gasteiger charge is 2.27. The Morgan fingerprint density at radius 3 is 2.48 bits per heavy atom. The van der Waals surface area contributed by atoms with Crippen LogP contribution in [0, 0.1) is 0 Å². The minimum absolute atomic E-state index is 0.0262. The van der Waals surface area contributed by atoms with Crippen LogP contribution in [0.4, 0.5) is 0 Å². The maximum absolute atomic E-state index is 12.8. The van der Waals surface area contributed by atoms with E-state index < -0.39 is 0 Å². The zero-order chi connectivity index (χ0) is 18.6. The lowest BCUT2D eigenvalue weighted by atomic mass is 9.87. The van der Waals surface area contributed by atoms with E-state index in [1.807, 2.05) is 35.2 Å². The molecule has 1 aliphatic carbocycles. The fourth-order valence-corrected chi connectivity index (χ4v) is 4.24. The number of aromatic nitrogens is 2. The van der Waals surface area contributed by atoms with Gasteiger partial charge >= 0.3 is 0 Å². The van der Waals surface area contributed by atoms with Crippen molar-refractivity contribution in [1.29, 1.82) is 0 Å². The van der Waals surface area contributed by atoms with Crippen molar-refractivity contribution >= 4 is 17.5 Å². The molecule has 2 fully saturated rings. The first-order valence-electron chi connectivity index (χ1n) is 9.96. The van der Waals surface area contributed by atoms with Crippen molar-refractivity contribution in [2.75, 3.05) is 13.1 Å². The molecule has 0 unspecified atom stereocenters. The molecule has 1 amide bonds. The van der Waals surface area contributed by atoms with Crippen molar-refractivity contribution in [3.63, 3.8) is 0 Å². The van der Waals surface area contributed by atoms with Gasteiger partial charge in [0.1, 0.15) is 17.5 Å². The maximum atomic E-state index is 12.8. The number of H-pyrrole nitrogens is 1. The van der Waals surface area contributed by atoms with Crippen LogP contribution in [0.15, 0.2) is 30.3 Å². The van der Waals surface area contributed by atoms with Crippen molar-refractivity contribution in [2.45, 2.75) is 57.0 Å². The second-order valence-corrected chi connectivity index (χ2v) is 8.04. The Morgan fingerprint density at radius 1 is 1.07 bits per heavy atom. The van der Waals surface area contributed by atoms with E-state index in [1.165, 1.54) is 32.1 Å². The van der Waals surface area contributed by atoms with Gasteiger partial charge in [-0.3, -0.25) is 9.89 Å². The smallest absolute Gasteiger partial charge is 0.274 e. The van der Waals surface area contributed by atoms with Crippen LogP contribution in [0.3, 0.4) is 0 Å². The van der Waals surface area contributed by atoms with Gasteiger partial charge < -0.3 is 9.64 Å². The van der Waals surface area contributed by atoms with Crippen molar-refractivity contribution in [1.82, 2.24) is 15.1 Å². The van der Waals surface area contributed by atoms with Gasteiger partial charge in [0.05, 0.1) is 0 Å². The molecule has 0 atom stereocenters. The Hall–Kier alpha value is -2.01. The van der Waals surface area contributed by atoms with Crippen LogP contribution in [0.2, 0.25) is 5.02 Å². The summed E-state index contributed by atoms with van der Waals surface area (Å²) >= 11 is 5.91. The number of rotatable bonds is 4. The molecule has 1 aliphatic heterocycles. The molecule has 1 aromatic carbocycles. The summed E-state index contributed by atoms with van der Waals surface area (Å²) in [7, 11) is 0. The highest BCUT2D eigenvalue weighted by atomic mass is 35.5. The van der Waals surface area contributed by atoms with Crippen LogP contribution >= 0.6 is 11.6 Å². The quantitative estimate of drug-likeness (QED) is 0.820. The number of hydrogen-bond acceptors (Lipinski definition) is 3. The van der Waals surface area contributed by atoms with Crippen LogP contribution in [-0.2, 0) is 0 Å². The normalized spacial score (nSPS) is 19.2. The molecule has 0 bridgehead atoms. The lowest BCUT2D eigenvalue weighted by Gasteiger charge is -2.31. The van der Waals surface area contributed by atoms with Crippen molar-refractivity contribution < 1.29 is 9.53 Å². The predicted octanol–water partition coefficient (Wildman–Crippen LogP) is 4.79. The van der Waals surface area contributed by atoms with Gasteiger partial charge in [-0.05, 0) is 43.2 Å². The summed E-state index contributed by atoms with van der Waals surface area (Å²) in [6, 6.07) is 9.40. The first-order valence-corrected chi connectivity index (χ1v) is 10.3. The van der Waals surface area contributed by atoms with Gasteiger partial charge in [-0.15, -0.1) is 0 Å². The highest BCUT2D eigenvalue weighted by Crippen LogP contribution is 2.32. The Bertz CT molecular complexity index is 760. The molecule has 0 spiro atoms. The lowest BCUT2D eigenvalue weighted by molar-refractivity contribution is 0.0590. The number of piperidine rings is 1. The molecule has 6 heteroatoms. The molecule has 1 N–H and O–H groups in total. The molecule has 144 valence electrons. The molecule has 5 nitrogen and oxygen atoms in total. The fourth-order valence-electron chi connectivity index (χ4n) is 4.11. The van der Waals surface area contributed by atoms with Crippen molar-refractivity contribution in [2.24, 2.45) is 0 Å². The number of amides is 1. The minimum Gasteiger partial charge on any atom is -0.490 e. The summed E-state index contributed by atoms with van der Waals surface area (Å²) < 4.78 is 6.01. The average Bonchev–Trinajstić information content (AvgIpc) is 3.21. The zero-order valence-electron chi connectivity index (χ0n) is 15.5. The third kappa shape index (κ3) is 4.46. The standard InChI is InChI=1S/C21H26ClN3O2/c22-16-6-8-17(9-7-16)27-18-10-12-25(13-11-18)21(26)20-14-19(23-24-20)15-4-2-1-3-5-15/h6-9,14-15,18H,1-5,10-13H2,(H,23,24). The zero-order valence-corrected chi connectivity index (χ0v) is 16.3. The van der Waals surface area contributed by atoms with Crippen LogP contribution in [0.1, 0.15) is 67.0 Å². The van der Waals surface area contributed by atoms with Gasteiger partial charge in [0.25, 0.3) is 5.91 Å².